The predicted molar refractivity (Wildman–Crippen MR) is 51.9 cm³/mol. The van der Waals surface area contributed by atoms with Gasteiger partial charge in [-0.1, -0.05) is 17.2 Å². The monoisotopic (exact) mass is 254 g/mol. The van der Waals surface area contributed by atoms with Crippen molar-refractivity contribution >= 4 is 18.1 Å². The fourth-order valence-corrected chi connectivity index (χ4v) is 1.12. The molecule has 1 aromatic rings. The van der Waals surface area contributed by atoms with Crippen LogP contribution in [0.4, 0.5) is 18.6 Å². The van der Waals surface area contributed by atoms with Crippen LogP contribution in [-0.4, -0.2) is 6.98 Å². The average Bonchev–Trinajstić information content (AvgIpc) is 2.16. The summed E-state index contributed by atoms with van der Waals surface area (Å²) >= 11 is 0. The quantitative estimate of drug-likeness (QED) is 0.324. The summed E-state index contributed by atoms with van der Waals surface area (Å²) in [5, 5.41) is 3.12. The maximum atomic E-state index is 12.4. The van der Waals surface area contributed by atoms with E-state index >= 15 is 0 Å². The number of benzene rings is 1. The molecule has 0 atom stereocenters. The summed E-state index contributed by atoms with van der Waals surface area (Å²) in [6, 6.07) is 3.08. The minimum Gasteiger partial charge on any atom is -0.445 e. The Morgan fingerprint density at radius 1 is 1.31 bits per heavy atom. The molecule has 0 radical (unpaired) electrons. The fourth-order valence-electron chi connectivity index (χ4n) is 1.12. The van der Waals surface area contributed by atoms with Crippen molar-refractivity contribution in [1.82, 2.24) is 0 Å². The van der Waals surface area contributed by atoms with Crippen LogP contribution >= 0.6 is 0 Å². The second-order valence-corrected chi connectivity index (χ2v) is 2.90. The summed E-state index contributed by atoms with van der Waals surface area (Å²) in [6.07, 6.45) is 0. The average molecular weight is 254 g/mol. The summed E-state index contributed by atoms with van der Waals surface area (Å²) in [6.45, 7) is -5.14. The number of hydrogen-bond donors (Lipinski definition) is 1. The molecule has 1 aromatic carbocycles. The van der Waals surface area contributed by atoms with Crippen molar-refractivity contribution in [3.05, 3.63) is 34.2 Å². The standard InChI is InChI=1S/C7H7BF3N4.K/c9-8(10,11)6-1-5(4-12)2-7(3-6)14-15-13;/h1-3H,4,12H2;/q-1;+1. The van der Waals surface area contributed by atoms with E-state index in [-0.39, 0.29) is 69.2 Å². The van der Waals surface area contributed by atoms with Crippen LogP contribution < -0.4 is 62.6 Å². The Hall–Kier alpha value is -0.0187. The van der Waals surface area contributed by atoms with Crippen molar-refractivity contribution in [2.75, 3.05) is 0 Å². The Bertz CT molecular complexity index is 417. The van der Waals surface area contributed by atoms with Gasteiger partial charge in [0, 0.05) is 17.1 Å². The second-order valence-electron chi connectivity index (χ2n) is 2.90. The SMILES string of the molecule is [K+].[N-]=[N+]=Nc1cc(CN)cc([B-](F)(F)F)c1. The van der Waals surface area contributed by atoms with E-state index in [4.69, 9.17) is 11.3 Å². The number of hydrogen-bond acceptors (Lipinski definition) is 2. The molecule has 9 heteroatoms. The van der Waals surface area contributed by atoms with Crippen LogP contribution in [0.5, 0.6) is 0 Å². The first kappa shape index (κ1) is 16.0. The molecular formula is C7H7BF3KN4. The molecule has 1 rings (SSSR count). The van der Waals surface area contributed by atoms with E-state index in [1.54, 1.807) is 0 Å². The smallest absolute Gasteiger partial charge is 0.445 e. The van der Waals surface area contributed by atoms with Gasteiger partial charge in [-0.25, -0.2) is 0 Å². The van der Waals surface area contributed by atoms with Crippen LogP contribution in [0.25, 0.3) is 10.4 Å². The Labute approximate surface area is 132 Å². The fraction of sp³-hybridized carbons (Fsp3) is 0.143. The van der Waals surface area contributed by atoms with Crippen molar-refractivity contribution in [3.63, 3.8) is 0 Å². The maximum absolute atomic E-state index is 12.4. The summed E-state index contributed by atoms with van der Waals surface area (Å²) in [7, 11) is 0. The molecule has 4 nitrogen and oxygen atoms in total. The molecule has 0 aliphatic heterocycles. The summed E-state index contributed by atoms with van der Waals surface area (Å²) in [5.41, 5.74) is 12.8. The zero-order chi connectivity index (χ0) is 11.5. The normalized spacial score (nSPS) is 10.2. The molecule has 0 saturated carbocycles. The van der Waals surface area contributed by atoms with Crippen molar-refractivity contribution < 1.29 is 64.3 Å². The molecule has 0 amide bonds. The van der Waals surface area contributed by atoms with Crippen molar-refractivity contribution in [2.24, 2.45) is 10.8 Å². The molecule has 0 saturated heterocycles. The third-order valence-corrected chi connectivity index (χ3v) is 1.77. The van der Waals surface area contributed by atoms with Gasteiger partial charge in [0.1, 0.15) is 0 Å². The van der Waals surface area contributed by atoms with Crippen molar-refractivity contribution in [2.45, 2.75) is 6.54 Å². The molecule has 0 spiro atoms. The third-order valence-electron chi connectivity index (χ3n) is 1.77. The van der Waals surface area contributed by atoms with Gasteiger partial charge in [-0.15, -0.1) is 5.46 Å². The molecule has 0 bridgehead atoms. The Balaban J connectivity index is 0.00000225. The topological polar surface area (TPSA) is 74.8 Å². The molecule has 16 heavy (non-hydrogen) atoms. The predicted octanol–water partition coefficient (Wildman–Crippen LogP) is -0.854. The molecule has 0 aliphatic carbocycles. The maximum Gasteiger partial charge on any atom is 1.00 e. The zero-order valence-corrected chi connectivity index (χ0v) is 11.7. The van der Waals surface area contributed by atoms with Gasteiger partial charge in [-0.05, 0) is 17.2 Å². The van der Waals surface area contributed by atoms with E-state index in [1.807, 2.05) is 0 Å². The summed E-state index contributed by atoms with van der Waals surface area (Å²) < 4.78 is 37.2. The molecule has 0 unspecified atom stereocenters. The van der Waals surface area contributed by atoms with Gasteiger partial charge in [0.2, 0.25) is 0 Å². The van der Waals surface area contributed by atoms with Crippen molar-refractivity contribution in [1.29, 1.82) is 0 Å². The molecule has 0 heterocycles. The zero-order valence-electron chi connectivity index (χ0n) is 8.57. The van der Waals surface area contributed by atoms with Crippen LogP contribution in [0.15, 0.2) is 23.3 Å². The largest absolute Gasteiger partial charge is 1.00 e. The molecule has 0 aromatic heterocycles. The Morgan fingerprint density at radius 2 is 1.94 bits per heavy atom. The van der Waals surface area contributed by atoms with Gasteiger partial charge in [0.25, 0.3) is 0 Å². The van der Waals surface area contributed by atoms with Crippen LogP contribution in [0.1, 0.15) is 5.56 Å². The van der Waals surface area contributed by atoms with Crippen LogP contribution in [0.2, 0.25) is 0 Å². The Morgan fingerprint density at radius 3 is 2.38 bits per heavy atom. The van der Waals surface area contributed by atoms with E-state index < -0.39 is 12.4 Å². The van der Waals surface area contributed by atoms with Crippen LogP contribution in [0, 0.1) is 0 Å². The summed E-state index contributed by atoms with van der Waals surface area (Å²) in [5.74, 6) is 0. The number of halogens is 3. The minimum absolute atomic E-state index is 0. The number of nitrogens with zero attached hydrogens (tertiary/aromatic N) is 3. The van der Waals surface area contributed by atoms with Crippen LogP contribution in [0.3, 0.4) is 0 Å². The van der Waals surface area contributed by atoms with E-state index in [9.17, 15) is 12.9 Å². The van der Waals surface area contributed by atoms with E-state index in [1.165, 1.54) is 6.07 Å². The summed E-state index contributed by atoms with van der Waals surface area (Å²) in [4.78, 5) is 2.43. The molecule has 0 aliphatic rings. The third kappa shape index (κ3) is 4.46. The first-order valence-corrected chi connectivity index (χ1v) is 4.06. The molecular weight excluding hydrogens is 247 g/mol. The van der Waals surface area contributed by atoms with Crippen LogP contribution in [-0.2, 0) is 6.54 Å². The second kappa shape index (κ2) is 6.65. The minimum atomic E-state index is -5.10. The number of azide groups is 1. The van der Waals surface area contributed by atoms with E-state index in [2.05, 4.69) is 10.0 Å². The molecule has 80 valence electrons. The number of rotatable bonds is 3. The first-order valence-electron chi connectivity index (χ1n) is 4.06. The van der Waals surface area contributed by atoms with E-state index in [0.717, 1.165) is 12.1 Å². The van der Waals surface area contributed by atoms with Gasteiger partial charge in [0.05, 0.1) is 0 Å². The van der Waals surface area contributed by atoms with Crippen molar-refractivity contribution in [3.8, 4) is 0 Å². The van der Waals surface area contributed by atoms with Gasteiger partial charge in [0.15, 0.2) is 0 Å². The Kier molecular flexibility index (Phi) is 6.64. The first-order chi connectivity index (χ1) is 6.97. The van der Waals surface area contributed by atoms with Gasteiger partial charge < -0.3 is 18.7 Å². The molecule has 2 N–H and O–H groups in total. The van der Waals surface area contributed by atoms with Gasteiger partial charge in [-0.3, -0.25) is 0 Å². The van der Waals surface area contributed by atoms with Gasteiger partial charge in [-0.2, -0.15) is 0 Å². The molecule has 0 fully saturated rings. The van der Waals surface area contributed by atoms with E-state index in [0.29, 0.717) is 0 Å². The number of nitrogens with two attached hydrogens (primary N) is 1. The van der Waals surface area contributed by atoms with Gasteiger partial charge >= 0.3 is 58.4 Å².